The summed E-state index contributed by atoms with van der Waals surface area (Å²) in [5.74, 6) is -0.0906. The Hall–Kier alpha value is -0.610. The molecule has 1 saturated heterocycles. The van der Waals surface area contributed by atoms with Gasteiger partial charge in [0.15, 0.2) is 0 Å². The first kappa shape index (κ1) is 12.5. The lowest BCUT2D eigenvalue weighted by Gasteiger charge is -2.33. The maximum Gasteiger partial charge on any atom is 0.323 e. The molecular formula is C11H21NO3. The molecular weight excluding hydrogens is 194 g/mol. The second-order valence-corrected chi connectivity index (χ2v) is 3.92. The normalized spacial score (nSPS) is 22.7. The number of rotatable bonds is 5. The molecule has 0 bridgehead atoms. The van der Waals surface area contributed by atoms with Crippen molar-refractivity contribution < 1.29 is 14.3 Å². The van der Waals surface area contributed by atoms with E-state index in [0.717, 1.165) is 39.0 Å². The Kier molecular flexibility index (Phi) is 5.65. The van der Waals surface area contributed by atoms with Gasteiger partial charge in [0.2, 0.25) is 0 Å². The van der Waals surface area contributed by atoms with Crippen LogP contribution in [-0.2, 0) is 14.3 Å². The Morgan fingerprint density at radius 3 is 2.87 bits per heavy atom. The van der Waals surface area contributed by atoms with E-state index in [1.165, 1.54) is 13.5 Å². The van der Waals surface area contributed by atoms with Crippen LogP contribution in [0, 0.1) is 0 Å². The van der Waals surface area contributed by atoms with Crippen molar-refractivity contribution in [3.8, 4) is 0 Å². The summed E-state index contributed by atoms with van der Waals surface area (Å²) in [5, 5.41) is 0. The van der Waals surface area contributed by atoms with Gasteiger partial charge in [0.1, 0.15) is 6.04 Å². The van der Waals surface area contributed by atoms with Crippen molar-refractivity contribution in [3.05, 3.63) is 0 Å². The van der Waals surface area contributed by atoms with E-state index in [9.17, 15) is 4.79 Å². The second kappa shape index (κ2) is 6.80. The first-order valence-corrected chi connectivity index (χ1v) is 5.60. The highest BCUT2D eigenvalue weighted by Crippen LogP contribution is 2.18. The van der Waals surface area contributed by atoms with Crippen LogP contribution >= 0.6 is 0 Å². The van der Waals surface area contributed by atoms with Crippen molar-refractivity contribution >= 4 is 5.97 Å². The number of ether oxygens (including phenoxy) is 2. The minimum Gasteiger partial charge on any atom is -0.468 e. The lowest BCUT2D eigenvalue weighted by Crippen LogP contribution is -2.45. The number of likely N-dealkylation sites (tertiary alicyclic amines) is 1. The van der Waals surface area contributed by atoms with E-state index in [1.54, 1.807) is 7.11 Å². The van der Waals surface area contributed by atoms with Crippen LogP contribution in [0.5, 0.6) is 0 Å². The van der Waals surface area contributed by atoms with Gasteiger partial charge in [-0.3, -0.25) is 9.69 Å². The Bertz CT molecular complexity index is 196. The number of piperidine rings is 1. The third-order valence-corrected chi connectivity index (χ3v) is 2.88. The van der Waals surface area contributed by atoms with Crippen molar-refractivity contribution in [3.63, 3.8) is 0 Å². The van der Waals surface area contributed by atoms with Crippen LogP contribution in [0.2, 0.25) is 0 Å². The quantitative estimate of drug-likeness (QED) is 0.507. The van der Waals surface area contributed by atoms with Gasteiger partial charge in [-0.15, -0.1) is 0 Å². The molecule has 0 amide bonds. The Morgan fingerprint density at radius 2 is 2.20 bits per heavy atom. The highest BCUT2D eigenvalue weighted by Gasteiger charge is 2.28. The predicted octanol–water partition coefficient (Wildman–Crippen LogP) is 1.05. The van der Waals surface area contributed by atoms with Crippen LogP contribution < -0.4 is 0 Å². The molecule has 1 aliphatic heterocycles. The molecule has 0 N–H and O–H groups in total. The molecule has 0 saturated carbocycles. The van der Waals surface area contributed by atoms with Gasteiger partial charge < -0.3 is 9.47 Å². The maximum atomic E-state index is 11.5. The molecule has 0 aromatic rings. The molecule has 0 spiro atoms. The molecule has 1 fully saturated rings. The average Bonchev–Trinajstić information content (AvgIpc) is 2.29. The molecule has 15 heavy (non-hydrogen) atoms. The van der Waals surface area contributed by atoms with Crippen LogP contribution in [0.25, 0.3) is 0 Å². The first-order chi connectivity index (χ1) is 7.29. The highest BCUT2D eigenvalue weighted by molar-refractivity contribution is 5.75. The third-order valence-electron chi connectivity index (χ3n) is 2.88. The van der Waals surface area contributed by atoms with Crippen molar-refractivity contribution in [2.45, 2.75) is 31.7 Å². The number of carbonyl (C=O) groups is 1. The fraction of sp³-hybridized carbons (Fsp3) is 0.909. The minimum absolute atomic E-state index is 0.0272. The fourth-order valence-corrected chi connectivity index (χ4v) is 2.07. The van der Waals surface area contributed by atoms with Crippen LogP contribution in [-0.4, -0.2) is 50.8 Å². The Labute approximate surface area is 91.5 Å². The summed E-state index contributed by atoms with van der Waals surface area (Å²) < 4.78 is 9.83. The van der Waals surface area contributed by atoms with Crippen LogP contribution in [0.3, 0.4) is 0 Å². The smallest absolute Gasteiger partial charge is 0.323 e. The topological polar surface area (TPSA) is 38.8 Å². The second-order valence-electron chi connectivity index (χ2n) is 3.92. The van der Waals surface area contributed by atoms with Gasteiger partial charge >= 0.3 is 5.97 Å². The van der Waals surface area contributed by atoms with E-state index in [4.69, 9.17) is 9.47 Å². The summed E-state index contributed by atoms with van der Waals surface area (Å²) >= 11 is 0. The van der Waals surface area contributed by atoms with Crippen LogP contribution in [0.4, 0.5) is 0 Å². The molecule has 0 aromatic carbocycles. The van der Waals surface area contributed by atoms with Crippen molar-refractivity contribution in [1.29, 1.82) is 0 Å². The summed E-state index contributed by atoms with van der Waals surface area (Å²) in [6.07, 6.45) is 4.21. The van der Waals surface area contributed by atoms with Crippen LogP contribution in [0.1, 0.15) is 25.7 Å². The van der Waals surface area contributed by atoms with E-state index >= 15 is 0 Å². The Morgan fingerprint density at radius 1 is 1.40 bits per heavy atom. The zero-order valence-electron chi connectivity index (χ0n) is 9.70. The molecule has 0 aliphatic carbocycles. The van der Waals surface area contributed by atoms with Crippen molar-refractivity contribution in [1.82, 2.24) is 4.90 Å². The number of carbonyl (C=O) groups excluding carboxylic acids is 1. The van der Waals surface area contributed by atoms with Gasteiger partial charge in [0, 0.05) is 20.3 Å². The number of methoxy groups -OCH3 is 2. The molecule has 1 unspecified atom stereocenters. The first-order valence-electron chi connectivity index (χ1n) is 5.60. The summed E-state index contributed by atoms with van der Waals surface area (Å²) in [6.45, 7) is 2.68. The summed E-state index contributed by atoms with van der Waals surface area (Å²) in [5.41, 5.74) is 0. The molecule has 0 radical (unpaired) electrons. The maximum absolute atomic E-state index is 11.5. The monoisotopic (exact) mass is 215 g/mol. The minimum atomic E-state index is -0.0906. The van der Waals surface area contributed by atoms with Gasteiger partial charge in [-0.25, -0.2) is 0 Å². The van der Waals surface area contributed by atoms with Gasteiger partial charge in [-0.2, -0.15) is 0 Å². The van der Waals surface area contributed by atoms with E-state index in [0.29, 0.717) is 0 Å². The van der Waals surface area contributed by atoms with Crippen molar-refractivity contribution in [2.24, 2.45) is 0 Å². The fourth-order valence-electron chi connectivity index (χ4n) is 2.07. The molecule has 4 heteroatoms. The van der Waals surface area contributed by atoms with Crippen LogP contribution in [0.15, 0.2) is 0 Å². The molecule has 88 valence electrons. The van der Waals surface area contributed by atoms with Gasteiger partial charge in [-0.1, -0.05) is 6.42 Å². The average molecular weight is 215 g/mol. The molecule has 1 rings (SSSR count). The number of hydrogen-bond donors (Lipinski definition) is 0. The van der Waals surface area contributed by atoms with E-state index < -0.39 is 0 Å². The SMILES string of the molecule is COCCCN1CCCCC1C(=O)OC. The predicted molar refractivity (Wildman–Crippen MR) is 57.7 cm³/mol. The molecule has 1 atom stereocenters. The largest absolute Gasteiger partial charge is 0.468 e. The van der Waals surface area contributed by atoms with Crippen molar-refractivity contribution in [2.75, 3.05) is 33.9 Å². The standard InChI is InChI=1S/C11H21NO3/c1-14-9-5-8-12-7-4-3-6-10(12)11(13)15-2/h10H,3-9H2,1-2H3. The lowest BCUT2D eigenvalue weighted by molar-refractivity contribution is -0.148. The number of nitrogens with zero attached hydrogens (tertiary/aromatic N) is 1. The molecule has 0 aromatic heterocycles. The van der Waals surface area contributed by atoms with Gasteiger partial charge in [0.25, 0.3) is 0 Å². The van der Waals surface area contributed by atoms with E-state index in [1.807, 2.05) is 0 Å². The van der Waals surface area contributed by atoms with E-state index in [2.05, 4.69) is 4.90 Å². The summed E-state index contributed by atoms with van der Waals surface area (Å²) in [7, 11) is 3.16. The zero-order valence-corrected chi connectivity index (χ0v) is 9.70. The number of esters is 1. The summed E-state index contributed by atoms with van der Waals surface area (Å²) in [4.78, 5) is 13.7. The molecule has 1 aliphatic rings. The third kappa shape index (κ3) is 3.80. The highest BCUT2D eigenvalue weighted by atomic mass is 16.5. The summed E-state index contributed by atoms with van der Waals surface area (Å²) in [6, 6.07) is -0.0272. The number of hydrogen-bond acceptors (Lipinski definition) is 4. The zero-order chi connectivity index (χ0) is 11.1. The van der Waals surface area contributed by atoms with E-state index in [-0.39, 0.29) is 12.0 Å². The molecule has 1 heterocycles. The van der Waals surface area contributed by atoms with Gasteiger partial charge in [-0.05, 0) is 25.8 Å². The molecule has 4 nitrogen and oxygen atoms in total. The lowest BCUT2D eigenvalue weighted by atomic mass is 10.0. The Balaban J connectivity index is 2.39. The van der Waals surface area contributed by atoms with Gasteiger partial charge in [0.05, 0.1) is 7.11 Å².